The van der Waals surface area contributed by atoms with Crippen LogP contribution in [0.2, 0.25) is 0 Å². The number of carbonyl (C=O) groups excluding carboxylic acids is 1. The first-order chi connectivity index (χ1) is 19.6. The molecule has 208 valence electrons. The number of nitrogens with zero attached hydrogens (tertiary/aromatic N) is 2. The Labute approximate surface area is 240 Å². The van der Waals surface area contributed by atoms with Crippen LogP contribution in [0.4, 0.5) is 0 Å². The number of rotatable bonds is 8. The second-order valence-electron chi connectivity index (χ2n) is 11.0. The van der Waals surface area contributed by atoms with Gasteiger partial charge < -0.3 is 15.0 Å². The van der Waals surface area contributed by atoms with Crippen molar-refractivity contribution >= 4 is 22.8 Å². The van der Waals surface area contributed by atoms with Gasteiger partial charge in [-0.2, -0.15) is 0 Å². The Kier molecular flexibility index (Phi) is 7.75. The van der Waals surface area contributed by atoms with E-state index in [0.29, 0.717) is 23.6 Å². The van der Waals surface area contributed by atoms with E-state index in [-0.39, 0.29) is 17.5 Å². The van der Waals surface area contributed by atoms with Gasteiger partial charge in [0.2, 0.25) is 0 Å². The molecule has 0 aliphatic rings. The number of aryl methyl sites for hydroxylation is 1. The third-order valence-electron chi connectivity index (χ3n) is 7.96. The molecule has 0 radical (unpaired) electrons. The molecule has 0 spiro atoms. The minimum absolute atomic E-state index is 0.114. The quantitative estimate of drug-likeness (QED) is 0.209. The first kappa shape index (κ1) is 27.8. The van der Waals surface area contributed by atoms with E-state index >= 15 is 0 Å². The van der Waals surface area contributed by atoms with Crippen molar-refractivity contribution in [1.82, 2.24) is 14.9 Å². The van der Waals surface area contributed by atoms with E-state index < -0.39 is 5.97 Å². The highest BCUT2D eigenvalue weighted by atomic mass is 16.4. The first-order valence-corrected chi connectivity index (χ1v) is 13.9. The van der Waals surface area contributed by atoms with Gasteiger partial charge in [-0.3, -0.25) is 9.78 Å². The Bertz CT molecular complexity index is 1750. The van der Waals surface area contributed by atoms with Crippen molar-refractivity contribution in [3.05, 3.63) is 124 Å². The Morgan fingerprint density at radius 2 is 1.61 bits per heavy atom. The third-order valence-corrected chi connectivity index (χ3v) is 7.96. The maximum atomic E-state index is 13.2. The summed E-state index contributed by atoms with van der Waals surface area (Å²) in [7, 11) is 0. The Morgan fingerprint density at radius 3 is 2.32 bits per heavy atom. The molecule has 1 amide bonds. The molecular formula is C35H35N3O3. The van der Waals surface area contributed by atoms with Crippen LogP contribution in [-0.2, 0) is 6.54 Å². The fourth-order valence-corrected chi connectivity index (χ4v) is 5.28. The molecule has 3 aromatic carbocycles. The lowest BCUT2D eigenvalue weighted by Crippen LogP contribution is -2.26. The van der Waals surface area contributed by atoms with Crippen LogP contribution in [0.1, 0.15) is 81.4 Å². The lowest BCUT2D eigenvalue weighted by Gasteiger charge is -2.16. The zero-order valence-electron chi connectivity index (χ0n) is 24.1. The van der Waals surface area contributed by atoms with Gasteiger partial charge in [0, 0.05) is 41.1 Å². The molecule has 1 atom stereocenters. The summed E-state index contributed by atoms with van der Waals surface area (Å²) < 4.78 is 2.26. The fraction of sp³-hybridized carbons (Fsp3) is 0.229. The zero-order valence-corrected chi connectivity index (χ0v) is 24.1. The summed E-state index contributed by atoms with van der Waals surface area (Å²) in [6.45, 7) is 11.1. The van der Waals surface area contributed by atoms with E-state index in [1.165, 1.54) is 0 Å². The molecule has 41 heavy (non-hydrogen) atoms. The monoisotopic (exact) mass is 545 g/mol. The van der Waals surface area contributed by atoms with Crippen LogP contribution in [0.5, 0.6) is 0 Å². The van der Waals surface area contributed by atoms with Crippen molar-refractivity contribution in [2.24, 2.45) is 0 Å². The number of hydrogen-bond acceptors (Lipinski definition) is 3. The molecule has 6 heteroatoms. The maximum Gasteiger partial charge on any atom is 0.336 e. The Hall–Kier alpha value is -4.71. The summed E-state index contributed by atoms with van der Waals surface area (Å²) in [5.41, 5.74) is 9.08. The van der Waals surface area contributed by atoms with Crippen LogP contribution >= 0.6 is 0 Å². The van der Waals surface area contributed by atoms with Gasteiger partial charge in [0.25, 0.3) is 5.91 Å². The maximum absolute atomic E-state index is 13.2. The number of benzene rings is 3. The van der Waals surface area contributed by atoms with E-state index in [4.69, 9.17) is 0 Å². The van der Waals surface area contributed by atoms with Crippen molar-refractivity contribution in [2.75, 3.05) is 0 Å². The van der Waals surface area contributed by atoms with E-state index in [1.807, 2.05) is 73.9 Å². The molecule has 1 unspecified atom stereocenters. The highest BCUT2D eigenvalue weighted by molar-refractivity contribution is 5.99. The summed E-state index contributed by atoms with van der Waals surface area (Å²) in [5, 5.41) is 13.7. The first-order valence-electron chi connectivity index (χ1n) is 13.9. The number of nitrogens with one attached hydrogen (secondary N) is 1. The average molecular weight is 546 g/mol. The molecule has 2 aromatic heterocycles. The molecule has 5 aromatic rings. The normalized spacial score (nSPS) is 12.0. The van der Waals surface area contributed by atoms with Crippen molar-refractivity contribution in [1.29, 1.82) is 0 Å². The van der Waals surface area contributed by atoms with Crippen LogP contribution in [0.3, 0.4) is 0 Å². The summed E-state index contributed by atoms with van der Waals surface area (Å²) >= 11 is 0. The largest absolute Gasteiger partial charge is 0.478 e. The average Bonchev–Trinajstić information content (AvgIpc) is 3.21. The number of fused-ring (bicyclic) bond motifs is 1. The number of carboxylic acid groups (broad SMARTS) is 1. The second-order valence-corrected chi connectivity index (χ2v) is 11.0. The van der Waals surface area contributed by atoms with Crippen LogP contribution in [0, 0.1) is 13.8 Å². The number of hydrogen-bond donors (Lipinski definition) is 2. The summed E-state index contributed by atoms with van der Waals surface area (Å²) in [5.74, 6) is -0.680. The molecule has 2 heterocycles. The van der Waals surface area contributed by atoms with E-state index in [9.17, 15) is 14.7 Å². The summed E-state index contributed by atoms with van der Waals surface area (Å²) in [4.78, 5) is 29.2. The molecule has 0 saturated heterocycles. The number of aromatic carboxylic acids is 1. The lowest BCUT2D eigenvalue weighted by atomic mass is 9.99. The van der Waals surface area contributed by atoms with Gasteiger partial charge in [0.05, 0.1) is 11.6 Å². The van der Waals surface area contributed by atoms with Gasteiger partial charge in [-0.15, -0.1) is 0 Å². The van der Waals surface area contributed by atoms with Gasteiger partial charge in [-0.1, -0.05) is 62.4 Å². The second kappa shape index (κ2) is 11.4. The van der Waals surface area contributed by atoms with Crippen molar-refractivity contribution < 1.29 is 14.7 Å². The number of carboxylic acids is 1. The Balaban J connectivity index is 1.37. The molecule has 0 aliphatic heterocycles. The van der Waals surface area contributed by atoms with Crippen molar-refractivity contribution in [2.45, 2.75) is 53.1 Å². The molecule has 5 rings (SSSR count). The zero-order chi connectivity index (χ0) is 29.3. The molecule has 6 nitrogen and oxygen atoms in total. The van der Waals surface area contributed by atoms with Gasteiger partial charge in [-0.25, -0.2) is 4.79 Å². The SMILES string of the molecule is Cc1c(C)n(Cc2ccc(-c3ccccc3C(=O)O)cc2)c2ccc(C(=O)NC(C)c3cncc(C(C)C)c3)cc12. The smallest absolute Gasteiger partial charge is 0.336 e. The molecule has 2 N–H and O–H groups in total. The lowest BCUT2D eigenvalue weighted by molar-refractivity contribution is 0.0697. The van der Waals surface area contributed by atoms with E-state index in [1.54, 1.807) is 12.1 Å². The standard InChI is InChI=1S/C35H35N3O3/c1-21(2)28-16-29(19-36-18-28)23(4)37-34(39)27-14-15-33-32(17-27)22(3)24(5)38(33)20-25-10-12-26(13-11-25)30-8-6-7-9-31(30)35(40)41/h6-19,21,23H,20H2,1-5H3,(H,37,39)(H,40,41). The van der Waals surface area contributed by atoms with Crippen LogP contribution in [0.25, 0.3) is 22.0 Å². The van der Waals surface area contributed by atoms with Crippen molar-refractivity contribution in [3.63, 3.8) is 0 Å². The molecule has 0 aliphatic carbocycles. The highest BCUT2D eigenvalue weighted by Gasteiger charge is 2.17. The fourth-order valence-electron chi connectivity index (χ4n) is 5.28. The van der Waals surface area contributed by atoms with Gasteiger partial charge in [-0.05, 0) is 84.3 Å². The van der Waals surface area contributed by atoms with Gasteiger partial charge in [0.1, 0.15) is 0 Å². The number of carbonyl (C=O) groups is 2. The summed E-state index contributed by atoms with van der Waals surface area (Å²) in [6.07, 6.45) is 3.68. The highest BCUT2D eigenvalue weighted by Crippen LogP contribution is 2.29. The minimum Gasteiger partial charge on any atom is -0.478 e. The third kappa shape index (κ3) is 5.64. The predicted molar refractivity (Wildman–Crippen MR) is 164 cm³/mol. The summed E-state index contributed by atoms with van der Waals surface area (Å²) in [6, 6.07) is 22.9. The van der Waals surface area contributed by atoms with E-state index in [2.05, 4.69) is 48.6 Å². The predicted octanol–water partition coefficient (Wildman–Crippen LogP) is 7.68. The Morgan fingerprint density at radius 1 is 0.902 bits per heavy atom. The molecule has 0 bridgehead atoms. The van der Waals surface area contributed by atoms with Gasteiger partial charge >= 0.3 is 5.97 Å². The number of pyridine rings is 1. The molecule has 0 fully saturated rings. The molecule has 0 saturated carbocycles. The van der Waals surface area contributed by atoms with Crippen LogP contribution in [-0.4, -0.2) is 26.5 Å². The van der Waals surface area contributed by atoms with Crippen LogP contribution < -0.4 is 5.32 Å². The van der Waals surface area contributed by atoms with Gasteiger partial charge in [0.15, 0.2) is 0 Å². The van der Waals surface area contributed by atoms with Crippen LogP contribution in [0.15, 0.2) is 85.2 Å². The minimum atomic E-state index is -0.936. The topological polar surface area (TPSA) is 84.2 Å². The number of aromatic nitrogens is 2. The van der Waals surface area contributed by atoms with E-state index in [0.717, 1.165) is 44.4 Å². The molecular weight excluding hydrogens is 510 g/mol. The van der Waals surface area contributed by atoms with Crippen molar-refractivity contribution in [3.8, 4) is 11.1 Å². The number of amides is 1.